The fraction of sp³-hybridized carbons (Fsp3) is 0.167. The molecule has 1 aromatic carbocycles. The normalized spacial score (nSPS) is 11.4. The Kier molecular flexibility index (Phi) is 4.24. The molecule has 21 heavy (non-hydrogen) atoms. The summed E-state index contributed by atoms with van der Waals surface area (Å²) in [5.74, 6) is -0.511. The van der Waals surface area contributed by atoms with Gasteiger partial charge in [-0.3, -0.25) is 0 Å². The molecule has 2 rings (SSSR count). The Labute approximate surface area is 121 Å². The summed E-state index contributed by atoms with van der Waals surface area (Å²) in [5.41, 5.74) is 5.43. The Hall–Kier alpha value is -2.39. The highest BCUT2D eigenvalue weighted by Gasteiger charge is 2.18. The number of nitrogens with two attached hydrogens (primary N) is 1. The molecule has 2 aromatic rings. The van der Waals surface area contributed by atoms with Crippen molar-refractivity contribution in [3.63, 3.8) is 0 Å². The Balaban J connectivity index is 2.10. The molecule has 0 amide bonds. The van der Waals surface area contributed by atoms with Gasteiger partial charge in [-0.05, 0) is 18.2 Å². The fourth-order valence-electron chi connectivity index (χ4n) is 1.74. The van der Waals surface area contributed by atoms with Crippen LogP contribution >= 0.6 is 0 Å². The summed E-state index contributed by atoms with van der Waals surface area (Å²) < 4.78 is 26.6. The molecule has 0 saturated heterocycles. The second kappa shape index (κ2) is 5.94. The molecule has 8 nitrogen and oxygen atoms in total. The number of benzene rings is 1. The number of nitrogens with one attached hydrogen (secondary N) is 2. The van der Waals surface area contributed by atoms with Crippen molar-refractivity contribution in [3.05, 3.63) is 42.0 Å². The van der Waals surface area contributed by atoms with Gasteiger partial charge in [0.15, 0.2) is 0 Å². The van der Waals surface area contributed by atoms with Crippen molar-refractivity contribution in [2.24, 2.45) is 0 Å². The maximum absolute atomic E-state index is 12.1. The zero-order chi connectivity index (χ0) is 15.5. The Morgan fingerprint density at radius 3 is 2.76 bits per heavy atom. The molecule has 0 atom stereocenters. The number of nitrogen functional groups attached to an aromatic ring is 1. The number of rotatable bonds is 6. The van der Waals surface area contributed by atoms with Gasteiger partial charge in [0, 0.05) is 25.4 Å². The third kappa shape index (κ3) is 3.58. The lowest BCUT2D eigenvalue weighted by Crippen LogP contribution is -2.27. The number of aromatic amines is 1. The highest BCUT2D eigenvalue weighted by Crippen LogP contribution is 2.19. The number of aromatic nitrogens is 2. The maximum Gasteiger partial charge on any atom is 0.335 e. The van der Waals surface area contributed by atoms with Crippen LogP contribution in [0.3, 0.4) is 0 Å². The fourth-order valence-corrected chi connectivity index (χ4v) is 2.89. The van der Waals surface area contributed by atoms with E-state index in [1.165, 1.54) is 12.1 Å². The predicted octanol–water partition coefficient (Wildman–Crippen LogP) is 0.211. The van der Waals surface area contributed by atoms with Crippen molar-refractivity contribution >= 4 is 21.7 Å². The molecule has 1 heterocycles. The molecule has 0 aliphatic carbocycles. The van der Waals surface area contributed by atoms with Crippen LogP contribution in [-0.2, 0) is 16.4 Å². The van der Waals surface area contributed by atoms with Gasteiger partial charge in [0.25, 0.3) is 0 Å². The zero-order valence-electron chi connectivity index (χ0n) is 10.9. The third-order valence-corrected chi connectivity index (χ3v) is 4.29. The standard InChI is InChI=1S/C12H14N4O4S/c13-9-7-8(12(17)18)1-2-10(9)21(19,20)16-4-3-11-14-5-6-15-11/h1-2,5-7,16H,3-4,13H2,(H,14,15)(H,17,18). The van der Waals surface area contributed by atoms with Gasteiger partial charge in [0.2, 0.25) is 10.0 Å². The molecule has 0 aliphatic heterocycles. The van der Waals surface area contributed by atoms with Crippen molar-refractivity contribution in [1.29, 1.82) is 0 Å². The van der Waals surface area contributed by atoms with Crippen LogP contribution in [0.1, 0.15) is 16.2 Å². The van der Waals surface area contributed by atoms with E-state index < -0.39 is 16.0 Å². The largest absolute Gasteiger partial charge is 0.478 e. The molecule has 0 aliphatic rings. The average molecular weight is 310 g/mol. The Morgan fingerprint density at radius 2 is 2.19 bits per heavy atom. The van der Waals surface area contributed by atoms with Crippen molar-refractivity contribution in [3.8, 4) is 0 Å². The monoisotopic (exact) mass is 310 g/mol. The molecule has 1 aromatic heterocycles. The zero-order valence-corrected chi connectivity index (χ0v) is 11.7. The van der Waals surface area contributed by atoms with Crippen LogP contribution in [0.5, 0.6) is 0 Å². The van der Waals surface area contributed by atoms with Crippen LogP contribution in [0.2, 0.25) is 0 Å². The van der Waals surface area contributed by atoms with Gasteiger partial charge in [-0.15, -0.1) is 0 Å². The van der Waals surface area contributed by atoms with E-state index in [9.17, 15) is 13.2 Å². The SMILES string of the molecule is Nc1cc(C(=O)O)ccc1S(=O)(=O)NCCc1ncc[nH]1. The van der Waals surface area contributed by atoms with Gasteiger partial charge >= 0.3 is 5.97 Å². The van der Waals surface area contributed by atoms with Crippen LogP contribution in [-0.4, -0.2) is 36.0 Å². The molecule has 0 bridgehead atoms. The van der Waals surface area contributed by atoms with E-state index in [0.29, 0.717) is 12.2 Å². The number of carboxylic acid groups (broad SMARTS) is 1. The second-order valence-corrected chi connectivity index (χ2v) is 5.98. The molecule has 0 spiro atoms. The Morgan fingerprint density at radius 1 is 1.43 bits per heavy atom. The smallest absolute Gasteiger partial charge is 0.335 e. The molecule has 0 fully saturated rings. The lowest BCUT2D eigenvalue weighted by Gasteiger charge is -2.09. The van der Waals surface area contributed by atoms with Crippen LogP contribution < -0.4 is 10.5 Å². The minimum atomic E-state index is -3.80. The van der Waals surface area contributed by atoms with Crippen LogP contribution in [0.25, 0.3) is 0 Å². The molecule has 112 valence electrons. The molecule has 0 saturated carbocycles. The number of nitrogens with zero attached hydrogens (tertiary/aromatic N) is 1. The van der Waals surface area contributed by atoms with E-state index in [0.717, 1.165) is 6.07 Å². The number of carbonyl (C=O) groups is 1. The van der Waals surface area contributed by atoms with Crippen LogP contribution in [0.15, 0.2) is 35.5 Å². The lowest BCUT2D eigenvalue weighted by molar-refractivity contribution is 0.0697. The first kappa shape index (κ1) is 15.0. The molecule has 9 heteroatoms. The number of hydrogen-bond acceptors (Lipinski definition) is 5. The summed E-state index contributed by atoms with van der Waals surface area (Å²) in [7, 11) is -3.80. The maximum atomic E-state index is 12.1. The first-order chi connectivity index (χ1) is 9.90. The quantitative estimate of drug-likeness (QED) is 0.563. The number of anilines is 1. The Bertz CT molecular complexity index is 741. The minimum absolute atomic E-state index is 0.0676. The van der Waals surface area contributed by atoms with Crippen LogP contribution in [0.4, 0.5) is 5.69 Å². The number of imidazole rings is 1. The lowest BCUT2D eigenvalue weighted by atomic mass is 10.2. The van der Waals surface area contributed by atoms with Gasteiger partial charge < -0.3 is 15.8 Å². The number of aromatic carboxylic acids is 1. The van der Waals surface area contributed by atoms with Crippen molar-refractivity contribution in [2.45, 2.75) is 11.3 Å². The van der Waals surface area contributed by atoms with E-state index in [4.69, 9.17) is 10.8 Å². The summed E-state index contributed by atoms with van der Waals surface area (Å²) in [6, 6.07) is 3.48. The topological polar surface area (TPSA) is 138 Å². The second-order valence-electron chi connectivity index (χ2n) is 4.24. The summed E-state index contributed by atoms with van der Waals surface area (Å²) in [6.45, 7) is 0.149. The van der Waals surface area contributed by atoms with Gasteiger partial charge in [0.05, 0.1) is 11.3 Å². The molecule has 5 N–H and O–H groups in total. The molecular formula is C12H14N4O4S. The van der Waals surface area contributed by atoms with Gasteiger partial charge in [-0.25, -0.2) is 22.9 Å². The number of carboxylic acids is 1. The highest BCUT2D eigenvalue weighted by atomic mass is 32.2. The first-order valence-electron chi connectivity index (χ1n) is 6.01. The number of sulfonamides is 1. The minimum Gasteiger partial charge on any atom is -0.478 e. The summed E-state index contributed by atoms with van der Waals surface area (Å²) in [5, 5.41) is 8.82. The van der Waals surface area contributed by atoms with E-state index >= 15 is 0 Å². The third-order valence-electron chi connectivity index (χ3n) is 2.75. The van der Waals surface area contributed by atoms with E-state index in [1.54, 1.807) is 12.4 Å². The van der Waals surface area contributed by atoms with Crippen LogP contribution in [0, 0.1) is 0 Å². The number of H-pyrrole nitrogens is 1. The van der Waals surface area contributed by atoms with Crippen molar-refractivity contribution < 1.29 is 18.3 Å². The average Bonchev–Trinajstić information content (AvgIpc) is 2.91. The summed E-state index contributed by atoms with van der Waals surface area (Å²) in [6.07, 6.45) is 3.62. The molecular weight excluding hydrogens is 296 g/mol. The first-order valence-corrected chi connectivity index (χ1v) is 7.49. The molecule has 0 radical (unpaired) electrons. The highest BCUT2D eigenvalue weighted by molar-refractivity contribution is 7.89. The van der Waals surface area contributed by atoms with Crippen molar-refractivity contribution in [1.82, 2.24) is 14.7 Å². The number of hydrogen-bond donors (Lipinski definition) is 4. The van der Waals surface area contributed by atoms with Gasteiger partial charge in [-0.1, -0.05) is 0 Å². The van der Waals surface area contributed by atoms with Gasteiger partial charge in [0.1, 0.15) is 10.7 Å². The van der Waals surface area contributed by atoms with Gasteiger partial charge in [-0.2, -0.15) is 0 Å². The summed E-state index contributed by atoms with van der Waals surface area (Å²) in [4.78, 5) is 17.5. The summed E-state index contributed by atoms with van der Waals surface area (Å²) >= 11 is 0. The predicted molar refractivity (Wildman–Crippen MR) is 75.3 cm³/mol. The van der Waals surface area contributed by atoms with Crippen molar-refractivity contribution in [2.75, 3.05) is 12.3 Å². The molecule has 0 unspecified atom stereocenters. The van der Waals surface area contributed by atoms with E-state index in [-0.39, 0.29) is 22.7 Å². The van der Waals surface area contributed by atoms with E-state index in [2.05, 4.69) is 14.7 Å². The van der Waals surface area contributed by atoms with E-state index in [1.807, 2.05) is 0 Å².